The fraction of sp³-hybridized carbons (Fsp3) is 0.571. The van der Waals surface area contributed by atoms with Gasteiger partial charge in [0.05, 0.1) is 0 Å². The Morgan fingerprint density at radius 3 is 3.00 bits per heavy atom. The monoisotopic (exact) mass is 269 g/mol. The van der Waals surface area contributed by atoms with Crippen molar-refractivity contribution in [2.24, 2.45) is 5.41 Å². The van der Waals surface area contributed by atoms with Crippen LogP contribution in [-0.4, -0.2) is 24.0 Å². The normalized spacial score (nSPS) is 19.7. The molecule has 0 fully saturated rings. The first-order valence-electron chi connectivity index (χ1n) is 6.29. The molecule has 1 atom stereocenters. The van der Waals surface area contributed by atoms with Crippen molar-refractivity contribution in [3.8, 4) is 0 Å². The molecule has 100 valence electrons. The first-order chi connectivity index (χ1) is 8.53. The molecule has 2 rings (SSSR count). The largest absolute Gasteiger partial charge is 0.396 e. The number of nitrogens with one attached hydrogen (secondary N) is 1. The predicted molar refractivity (Wildman–Crippen MR) is 73.4 cm³/mol. The first-order valence-corrected chi connectivity index (χ1v) is 7.27. The number of benzene rings is 1. The fourth-order valence-electron chi connectivity index (χ4n) is 2.05. The number of rotatable bonds is 4. The van der Waals surface area contributed by atoms with E-state index in [2.05, 4.69) is 5.32 Å². The predicted octanol–water partition coefficient (Wildman–Crippen LogP) is 2.97. The number of hydrogen-bond acceptors (Lipinski definition) is 3. The van der Waals surface area contributed by atoms with E-state index in [1.54, 1.807) is 17.8 Å². The molecule has 0 radical (unpaired) electrons. The number of thioether (sulfide) groups is 1. The molecule has 1 heterocycles. The molecule has 0 saturated carbocycles. The van der Waals surface area contributed by atoms with Crippen LogP contribution in [-0.2, 0) is 0 Å². The second-order valence-corrected chi connectivity index (χ2v) is 6.66. The quantitative estimate of drug-likeness (QED) is 0.881. The van der Waals surface area contributed by atoms with Crippen LogP contribution in [0.3, 0.4) is 0 Å². The lowest BCUT2D eigenvalue weighted by atomic mass is 9.93. The Morgan fingerprint density at radius 2 is 2.28 bits per heavy atom. The van der Waals surface area contributed by atoms with E-state index >= 15 is 0 Å². The maximum Gasteiger partial charge on any atom is 0.137 e. The summed E-state index contributed by atoms with van der Waals surface area (Å²) < 4.78 is 13.7. The van der Waals surface area contributed by atoms with Gasteiger partial charge in [-0.3, -0.25) is 0 Å². The van der Waals surface area contributed by atoms with E-state index in [1.807, 2.05) is 19.9 Å². The SMILES string of the molecule is CC(C)(CO)CNC1CCSc2c(F)cccc21. The highest BCUT2D eigenvalue weighted by Crippen LogP contribution is 2.37. The minimum absolute atomic E-state index is 0.120. The molecule has 18 heavy (non-hydrogen) atoms. The van der Waals surface area contributed by atoms with Gasteiger partial charge in [0.2, 0.25) is 0 Å². The molecule has 0 amide bonds. The molecule has 2 N–H and O–H groups in total. The molecular weight excluding hydrogens is 249 g/mol. The van der Waals surface area contributed by atoms with Gasteiger partial charge in [0, 0.05) is 29.5 Å². The van der Waals surface area contributed by atoms with E-state index in [0.29, 0.717) is 0 Å². The molecule has 1 aromatic carbocycles. The Hall–Kier alpha value is -0.580. The van der Waals surface area contributed by atoms with Gasteiger partial charge in [-0.05, 0) is 23.8 Å². The summed E-state index contributed by atoms with van der Waals surface area (Å²) in [4.78, 5) is 0.781. The third-order valence-corrected chi connectivity index (χ3v) is 4.44. The van der Waals surface area contributed by atoms with Crippen molar-refractivity contribution in [3.63, 3.8) is 0 Å². The molecule has 0 aliphatic carbocycles. The minimum atomic E-state index is -0.141. The molecule has 0 saturated heterocycles. The van der Waals surface area contributed by atoms with Gasteiger partial charge in [-0.2, -0.15) is 0 Å². The van der Waals surface area contributed by atoms with Crippen LogP contribution in [0.5, 0.6) is 0 Å². The lowest BCUT2D eigenvalue weighted by Crippen LogP contribution is -2.35. The number of halogens is 1. The first kappa shape index (κ1) is 13.8. The Morgan fingerprint density at radius 1 is 1.50 bits per heavy atom. The molecule has 1 aliphatic heterocycles. The van der Waals surface area contributed by atoms with E-state index in [-0.39, 0.29) is 23.9 Å². The summed E-state index contributed by atoms with van der Waals surface area (Å²) in [7, 11) is 0. The Labute approximate surface area is 112 Å². The van der Waals surface area contributed by atoms with Crippen molar-refractivity contribution in [2.45, 2.75) is 31.2 Å². The van der Waals surface area contributed by atoms with Crippen LogP contribution in [0.4, 0.5) is 4.39 Å². The highest BCUT2D eigenvalue weighted by Gasteiger charge is 2.25. The standard InChI is InChI=1S/C14H20FNOS/c1-14(2,9-17)8-16-12-6-7-18-13-10(12)4-3-5-11(13)15/h3-5,12,16-17H,6-9H2,1-2H3. The van der Waals surface area contributed by atoms with Gasteiger partial charge in [-0.1, -0.05) is 26.0 Å². The summed E-state index contributed by atoms with van der Waals surface area (Å²) in [6, 6.07) is 5.48. The van der Waals surface area contributed by atoms with Crippen LogP contribution in [0.15, 0.2) is 23.1 Å². The Balaban J connectivity index is 2.11. The molecular formula is C14H20FNOS. The summed E-state index contributed by atoms with van der Waals surface area (Å²) in [5.74, 6) is 0.816. The zero-order valence-electron chi connectivity index (χ0n) is 10.9. The number of hydrogen-bond donors (Lipinski definition) is 2. The topological polar surface area (TPSA) is 32.3 Å². The summed E-state index contributed by atoms with van der Waals surface area (Å²) in [6.07, 6.45) is 1.00. The summed E-state index contributed by atoms with van der Waals surface area (Å²) in [5, 5.41) is 12.7. The van der Waals surface area contributed by atoms with Crippen molar-refractivity contribution >= 4 is 11.8 Å². The van der Waals surface area contributed by atoms with E-state index in [9.17, 15) is 9.50 Å². The highest BCUT2D eigenvalue weighted by molar-refractivity contribution is 7.99. The van der Waals surface area contributed by atoms with Crippen LogP contribution in [0, 0.1) is 11.2 Å². The number of aliphatic hydroxyl groups excluding tert-OH is 1. The van der Waals surface area contributed by atoms with Gasteiger partial charge in [-0.25, -0.2) is 4.39 Å². The van der Waals surface area contributed by atoms with E-state index in [1.165, 1.54) is 6.07 Å². The van der Waals surface area contributed by atoms with Crippen LogP contribution in [0.2, 0.25) is 0 Å². The van der Waals surface area contributed by atoms with Crippen molar-refractivity contribution < 1.29 is 9.50 Å². The van der Waals surface area contributed by atoms with Gasteiger partial charge < -0.3 is 10.4 Å². The molecule has 1 aliphatic rings. The number of aliphatic hydroxyl groups is 1. The molecule has 0 bridgehead atoms. The van der Waals surface area contributed by atoms with Crippen LogP contribution in [0.25, 0.3) is 0 Å². The number of fused-ring (bicyclic) bond motifs is 1. The fourth-order valence-corrected chi connectivity index (χ4v) is 3.19. The van der Waals surface area contributed by atoms with Crippen LogP contribution >= 0.6 is 11.8 Å². The molecule has 0 spiro atoms. The average Bonchev–Trinajstić information content (AvgIpc) is 2.37. The second kappa shape index (κ2) is 5.59. The minimum Gasteiger partial charge on any atom is -0.396 e. The zero-order chi connectivity index (χ0) is 13.2. The Kier molecular flexibility index (Phi) is 4.30. The van der Waals surface area contributed by atoms with E-state index in [4.69, 9.17) is 0 Å². The second-order valence-electron chi connectivity index (χ2n) is 5.55. The van der Waals surface area contributed by atoms with Gasteiger partial charge in [-0.15, -0.1) is 11.8 Å². The maximum absolute atomic E-state index is 13.7. The molecule has 4 heteroatoms. The zero-order valence-corrected chi connectivity index (χ0v) is 11.7. The van der Waals surface area contributed by atoms with Crippen molar-refractivity contribution in [1.82, 2.24) is 5.32 Å². The summed E-state index contributed by atoms with van der Waals surface area (Å²) >= 11 is 1.59. The highest BCUT2D eigenvalue weighted by atomic mass is 32.2. The van der Waals surface area contributed by atoms with Gasteiger partial charge in [0.25, 0.3) is 0 Å². The van der Waals surface area contributed by atoms with Gasteiger partial charge >= 0.3 is 0 Å². The van der Waals surface area contributed by atoms with Crippen molar-refractivity contribution in [2.75, 3.05) is 18.9 Å². The van der Waals surface area contributed by atoms with E-state index < -0.39 is 0 Å². The molecule has 1 aromatic rings. The lowest BCUT2D eigenvalue weighted by Gasteiger charge is -2.30. The van der Waals surface area contributed by atoms with Crippen molar-refractivity contribution in [3.05, 3.63) is 29.6 Å². The summed E-state index contributed by atoms with van der Waals surface area (Å²) in [5.41, 5.74) is 0.915. The lowest BCUT2D eigenvalue weighted by molar-refractivity contribution is 0.152. The average molecular weight is 269 g/mol. The summed E-state index contributed by atoms with van der Waals surface area (Å²) in [6.45, 7) is 4.92. The third kappa shape index (κ3) is 3.05. The molecule has 2 nitrogen and oxygen atoms in total. The van der Waals surface area contributed by atoms with E-state index in [0.717, 1.165) is 29.2 Å². The third-order valence-electron chi connectivity index (χ3n) is 3.28. The molecule has 0 aromatic heterocycles. The van der Waals surface area contributed by atoms with Gasteiger partial charge in [0.1, 0.15) is 5.82 Å². The Bertz CT molecular complexity index is 422. The van der Waals surface area contributed by atoms with Crippen LogP contribution in [0.1, 0.15) is 31.9 Å². The smallest absolute Gasteiger partial charge is 0.137 e. The molecule has 1 unspecified atom stereocenters. The maximum atomic E-state index is 13.7. The van der Waals surface area contributed by atoms with Gasteiger partial charge in [0.15, 0.2) is 0 Å². The van der Waals surface area contributed by atoms with Crippen LogP contribution < -0.4 is 5.32 Å². The van der Waals surface area contributed by atoms with Crippen molar-refractivity contribution in [1.29, 1.82) is 0 Å².